The van der Waals surface area contributed by atoms with Gasteiger partial charge < -0.3 is 33.8 Å². The van der Waals surface area contributed by atoms with Crippen LogP contribution in [-0.2, 0) is 65.4 Å². The predicted molar refractivity (Wildman–Crippen MR) is 386 cm³/mol. The normalized spacial score (nSPS) is 13.9. The highest BCUT2D eigenvalue weighted by Crippen LogP contribution is 2.45. The van der Waals surface area contributed by atoms with Crippen molar-refractivity contribution >= 4 is 39.5 Å². The minimum atomic E-state index is -4.96. The molecular formula is C76H148O17P2. The van der Waals surface area contributed by atoms with Crippen molar-refractivity contribution in [2.45, 2.75) is 419 Å². The molecule has 0 aromatic carbocycles. The predicted octanol–water partition coefficient (Wildman–Crippen LogP) is 22.5. The molecule has 0 spiro atoms. The van der Waals surface area contributed by atoms with Crippen molar-refractivity contribution in [2.24, 2.45) is 5.92 Å². The standard InChI is InChI=1S/C76H148O17P2/c1-6-9-12-15-18-21-24-26-28-30-31-32-33-35-37-39-42-45-52-57-62-76(81)92-71(65-86-73(78)59-54-49-43-41-38-36-34-29-27-25-22-19-16-13-10-7-2)67-90-94(82,83)88-63-70(77)64-89-95(84,85)91-68-72(66-87-74(79)60-55-50-47-46-48-53-58-69(4)5)93-75(80)61-56-51-44-40-23-20-17-14-11-8-3/h69-72,77H,6-68H2,1-5H3,(H,82,83)(H,84,85)/t70-,71-,72-/m1/s1. The van der Waals surface area contributed by atoms with Gasteiger partial charge in [0.05, 0.1) is 26.4 Å². The third kappa shape index (κ3) is 70.3. The summed E-state index contributed by atoms with van der Waals surface area (Å²) < 4.78 is 68.4. The Hall–Kier alpha value is -1.94. The fraction of sp³-hybridized carbons (Fsp3) is 0.947. The first-order chi connectivity index (χ1) is 46.0. The second-order valence-corrected chi connectivity index (χ2v) is 30.8. The molecule has 17 nitrogen and oxygen atoms in total. The number of carbonyl (C=O) groups is 4. The molecule has 0 aliphatic heterocycles. The van der Waals surface area contributed by atoms with E-state index in [0.29, 0.717) is 31.6 Å². The van der Waals surface area contributed by atoms with Crippen LogP contribution in [-0.4, -0.2) is 96.7 Å². The Labute approximate surface area is 581 Å². The van der Waals surface area contributed by atoms with E-state index >= 15 is 0 Å². The molecule has 0 heterocycles. The minimum absolute atomic E-state index is 0.106. The molecule has 0 radical (unpaired) electrons. The molecule has 564 valence electrons. The minimum Gasteiger partial charge on any atom is -0.462 e. The lowest BCUT2D eigenvalue weighted by Crippen LogP contribution is -2.30. The zero-order chi connectivity index (χ0) is 69.8. The lowest BCUT2D eigenvalue weighted by Gasteiger charge is -2.21. The average molecular weight is 1400 g/mol. The summed E-state index contributed by atoms with van der Waals surface area (Å²) in [4.78, 5) is 72.7. The number of unbranched alkanes of at least 4 members (excludes halogenated alkanes) is 48. The van der Waals surface area contributed by atoms with E-state index in [2.05, 4.69) is 34.6 Å². The zero-order valence-electron chi connectivity index (χ0n) is 61.8. The summed E-state index contributed by atoms with van der Waals surface area (Å²) in [7, 11) is -9.91. The summed E-state index contributed by atoms with van der Waals surface area (Å²) in [6, 6.07) is 0. The third-order valence-electron chi connectivity index (χ3n) is 17.8. The third-order valence-corrected chi connectivity index (χ3v) is 19.7. The van der Waals surface area contributed by atoms with Gasteiger partial charge in [-0.3, -0.25) is 37.3 Å². The van der Waals surface area contributed by atoms with Crippen LogP contribution in [0.15, 0.2) is 0 Å². The first-order valence-electron chi connectivity index (χ1n) is 39.6. The van der Waals surface area contributed by atoms with Gasteiger partial charge in [0.15, 0.2) is 12.2 Å². The van der Waals surface area contributed by atoms with Gasteiger partial charge in [-0.1, -0.05) is 349 Å². The number of aliphatic hydroxyl groups excluding tert-OH is 1. The summed E-state index contributed by atoms with van der Waals surface area (Å²) in [5, 5.41) is 10.6. The maximum atomic E-state index is 13.1. The quantitative estimate of drug-likeness (QED) is 0.0222. The Morgan fingerprint density at radius 1 is 0.284 bits per heavy atom. The molecule has 0 fully saturated rings. The van der Waals surface area contributed by atoms with Crippen molar-refractivity contribution in [1.29, 1.82) is 0 Å². The summed E-state index contributed by atoms with van der Waals surface area (Å²) >= 11 is 0. The van der Waals surface area contributed by atoms with Gasteiger partial charge in [-0.05, 0) is 31.6 Å². The van der Waals surface area contributed by atoms with Crippen molar-refractivity contribution in [3.05, 3.63) is 0 Å². The summed E-state index contributed by atoms with van der Waals surface area (Å²) in [6.45, 7) is 7.20. The Kier molecular flexibility index (Phi) is 67.7. The van der Waals surface area contributed by atoms with Crippen molar-refractivity contribution in [2.75, 3.05) is 39.6 Å². The Morgan fingerprint density at radius 3 is 0.716 bits per heavy atom. The number of phosphoric acid groups is 2. The zero-order valence-corrected chi connectivity index (χ0v) is 63.6. The smallest absolute Gasteiger partial charge is 0.462 e. The number of carbonyl (C=O) groups excluding carboxylic acids is 4. The van der Waals surface area contributed by atoms with Crippen LogP contribution in [0.1, 0.15) is 401 Å². The van der Waals surface area contributed by atoms with E-state index in [4.69, 9.17) is 37.0 Å². The van der Waals surface area contributed by atoms with E-state index in [9.17, 15) is 43.2 Å². The molecule has 0 saturated carbocycles. The van der Waals surface area contributed by atoms with Crippen molar-refractivity contribution in [3.8, 4) is 0 Å². The van der Waals surface area contributed by atoms with E-state index in [1.54, 1.807) is 0 Å². The number of aliphatic hydroxyl groups is 1. The SMILES string of the molecule is CCCCCCCCCCCCCCCCCCCCCCC(=O)O[C@H](COC(=O)CCCCCCCCCCCCCCCCCC)COP(=O)(O)OC[C@@H](O)COP(=O)(O)OC[C@@H](COC(=O)CCCCCCCCC(C)C)OC(=O)CCCCCCCCCCCC. The number of esters is 4. The van der Waals surface area contributed by atoms with Crippen LogP contribution in [0.3, 0.4) is 0 Å². The second kappa shape index (κ2) is 69.2. The van der Waals surface area contributed by atoms with Gasteiger partial charge in [-0.2, -0.15) is 0 Å². The first kappa shape index (κ1) is 93.1. The molecular weight excluding hydrogens is 1250 g/mol. The monoisotopic (exact) mass is 1400 g/mol. The Balaban J connectivity index is 5.19. The maximum Gasteiger partial charge on any atom is 0.472 e. The largest absolute Gasteiger partial charge is 0.472 e. The molecule has 2 unspecified atom stereocenters. The molecule has 0 rings (SSSR count). The van der Waals surface area contributed by atoms with E-state index in [-0.39, 0.29) is 25.7 Å². The molecule has 95 heavy (non-hydrogen) atoms. The van der Waals surface area contributed by atoms with Crippen LogP contribution in [0.25, 0.3) is 0 Å². The topological polar surface area (TPSA) is 237 Å². The lowest BCUT2D eigenvalue weighted by atomic mass is 10.0. The number of hydrogen-bond donors (Lipinski definition) is 3. The lowest BCUT2D eigenvalue weighted by molar-refractivity contribution is -0.161. The van der Waals surface area contributed by atoms with Crippen LogP contribution in [0.5, 0.6) is 0 Å². The Bertz CT molecular complexity index is 1820. The molecule has 0 aliphatic carbocycles. The summed E-state index contributed by atoms with van der Waals surface area (Å²) in [6.07, 6.45) is 58.5. The van der Waals surface area contributed by atoms with Crippen LogP contribution in [0, 0.1) is 5.92 Å². The van der Waals surface area contributed by atoms with E-state index in [0.717, 1.165) is 96.3 Å². The van der Waals surface area contributed by atoms with Gasteiger partial charge in [0, 0.05) is 25.7 Å². The van der Waals surface area contributed by atoms with Crippen LogP contribution >= 0.6 is 15.6 Å². The Morgan fingerprint density at radius 2 is 0.484 bits per heavy atom. The van der Waals surface area contributed by atoms with E-state index < -0.39 is 97.5 Å². The molecule has 5 atom stereocenters. The highest BCUT2D eigenvalue weighted by Gasteiger charge is 2.30. The van der Waals surface area contributed by atoms with Gasteiger partial charge in [-0.25, -0.2) is 9.13 Å². The highest BCUT2D eigenvalue weighted by molar-refractivity contribution is 7.47. The molecule has 0 aromatic heterocycles. The van der Waals surface area contributed by atoms with Crippen molar-refractivity contribution < 1.29 is 80.2 Å². The van der Waals surface area contributed by atoms with Gasteiger partial charge in [0.25, 0.3) is 0 Å². The highest BCUT2D eigenvalue weighted by atomic mass is 31.2. The van der Waals surface area contributed by atoms with Gasteiger partial charge in [-0.15, -0.1) is 0 Å². The summed E-state index contributed by atoms with van der Waals surface area (Å²) in [5.41, 5.74) is 0. The average Bonchev–Trinajstić information content (AvgIpc) is 2.25. The molecule has 0 saturated heterocycles. The number of rotatable bonds is 76. The number of ether oxygens (including phenoxy) is 4. The van der Waals surface area contributed by atoms with Gasteiger partial charge in [0.2, 0.25) is 0 Å². The number of hydrogen-bond acceptors (Lipinski definition) is 15. The molecule has 0 amide bonds. The second-order valence-electron chi connectivity index (χ2n) is 27.9. The van der Waals surface area contributed by atoms with Crippen LogP contribution in [0.4, 0.5) is 0 Å². The molecule has 0 aliphatic rings. The van der Waals surface area contributed by atoms with Crippen molar-refractivity contribution in [1.82, 2.24) is 0 Å². The fourth-order valence-corrected chi connectivity index (χ4v) is 13.3. The van der Waals surface area contributed by atoms with Gasteiger partial charge in [0.1, 0.15) is 19.3 Å². The first-order valence-corrected chi connectivity index (χ1v) is 42.6. The van der Waals surface area contributed by atoms with Gasteiger partial charge >= 0.3 is 39.5 Å². The number of phosphoric ester groups is 2. The van der Waals surface area contributed by atoms with E-state index in [1.807, 2.05) is 0 Å². The van der Waals surface area contributed by atoms with Crippen LogP contribution < -0.4 is 0 Å². The van der Waals surface area contributed by atoms with E-state index in [1.165, 1.54) is 218 Å². The molecule has 0 aromatic rings. The summed E-state index contributed by atoms with van der Waals surface area (Å²) in [5.74, 6) is -1.44. The molecule has 19 heteroatoms. The molecule has 0 bridgehead atoms. The molecule has 3 N–H and O–H groups in total. The maximum absolute atomic E-state index is 13.1. The fourth-order valence-electron chi connectivity index (χ4n) is 11.7. The van der Waals surface area contributed by atoms with Crippen LogP contribution in [0.2, 0.25) is 0 Å². The van der Waals surface area contributed by atoms with Crippen molar-refractivity contribution in [3.63, 3.8) is 0 Å².